The van der Waals surface area contributed by atoms with Crippen LogP contribution in [0.15, 0.2) is 84.9 Å². The van der Waals surface area contributed by atoms with Gasteiger partial charge in [-0.15, -0.1) is 0 Å². The Bertz CT molecular complexity index is 1030. The Labute approximate surface area is 220 Å². The molecule has 1 atom stereocenters. The van der Waals surface area contributed by atoms with Crippen LogP contribution in [0.1, 0.15) is 57.2 Å². The first-order chi connectivity index (χ1) is 17.1. The molecule has 35 heavy (non-hydrogen) atoms. The van der Waals surface area contributed by atoms with Gasteiger partial charge >= 0.3 is 166 Å². The molecule has 0 bridgehead atoms. The van der Waals surface area contributed by atoms with Gasteiger partial charge < -0.3 is 0 Å². The molecule has 188 valence electrons. The van der Waals surface area contributed by atoms with E-state index in [1.807, 2.05) is 0 Å². The van der Waals surface area contributed by atoms with Crippen molar-refractivity contribution in [3.63, 3.8) is 0 Å². The molecule has 0 saturated heterocycles. The molecule has 3 aromatic carbocycles. The number of rotatable bonds is 13. The number of allylic oxidation sites excluding steroid dienone is 1. The molecular weight excluding hydrogens is 541 g/mol. The van der Waals surface area contributed by atoms with Crippen LogP contribution in [-0.4, -0.2) is 38.0 Å². The minimum Gasteiger partial charge on any atom is -0.0622 e. The van der Waals surface area contributed by atoms with Crippen LogP contribution < -0.4 is 4.74 Å². The molecule has 0 fully saturated rings. The van der Waals surface area contributed by atoms with Crippen LogP contribution in [0.2, 0.25) is 0 Å². The zero-order valence-electron chi connectivity index (χ0n) is 22.1. The third kappa shape index (κ3) is 7.68. The second-order valence-corrected chi connectivity index (χ2v) is 15.8. The summed E-state index contributed by atoms with van der Waals surface area (Å²) in [5.41, 5.74) is 6.43. The van der Waals surface area contributed by atoms with Gasteiger partial charge in [-0.1, -0.05) is 55.5 Å². The van der Waals surface area contributed by atoms with Crippen molar-refractivity contribution in [3.8, 4) is 5.75 Å². The molecule has 0 spiro atoms. The first kappa shape index (κ1) is 27.5. The van der Waals surface area contributed by atoms with Gasteiger partial charge in [-0.25, -0.2) is 0 Å². The zero-order valence-corrected chi connectivity index (χ0v) is 24.3. The zero-order chi connectivity index (χ0) is 25.0. The van der Waals surface area contributed by atoms with E-state index in [0.717, 1.165) is 25.2 Å². The van der Waals surface area contributed by atoms with Gasteiger partial charge in [-0.2, -0.15) is 0 Å². The third-order valence-electron chi connectivity index (χ3n) is 6.63. The van der Waals surface area contributed by atoms with Crippen molar-refractivity contribution in [3.05, 3.63) is 102 Å². The summed E-state index contributed by atoms with van der Waals surface area (Å²) in [5.74, 6) is 0.951. The third-order valence-corrected chi connectivity index (χ3v) is 13.0. The molecule has 1 unspecified atom stereocenters. The molecule has 0 aliphatic carbocycles. The van der Waals surface area contributed by atoms with Crippen molar-refractivity contribution in [2.45, 2.75) is 46.6 Å². The molecule has 3 heteroatoms. The molecule has 3 rings (SSSR count). The number of benzene rings is 3. The van der Waals surface area contributed by atoms with E-state index < -0.39 is 19.8 Å². The monoisotopic (exact) mass is 583 g/mol. The van der Waals surface area contributed by atoms with Crippen LogP contribution in [0.5, 0.6) is 5.75 Å². The SMILES string of the molecule is CC/C(=C(\c1ccccc1)c1ccc(OCC(CC)N(C)CI(CC)CC)cc1)c1ccccc1. The quantitative estimate of drug-likeness (QED) is 0.0865. The van der Waals surface area contributed by atoms with Crippen molar-refractivity contribution < 1.29 is 4.74 Å². The summed E-state index contributed by atoms with van der Waals surface area (Å²) in [6.45, 7) is 9.99. The minimum absolute atomic E-state index is 0.470. The molecule has 3 aromatic rings. The van der Waals surface area contributed by atoms with Crippen LogP contribution >= 0.6 is 19.8 Å². The van der Waals surface area contributed by atoms with Crippen molar-refractivity contribution in [2.75, 3.05) is 27.1 Å². The van der Waals surface area contributed by atoms with Crippen LogP contribution in [0.3, 0.4) is 0 Å². The van der Waals surface area contributed by atoms with Gasteiger partial charge in [-0.05, 0) is 0 Å². The smallest absolute Gasteiger partial charge is 0.0622 e. The first-order valence-corrected chi connectivity index (χ1v) is 17.5. The Morgan fingerprint density at radius 3 is 1.80 bits per heavy atom. The van der Waals surface area contributed by atoms with Crippen LogP contribution in [0, 0.1) is 0 Å². The molecule has 0 saturated carbocycles. The predicted octanol–water partition coefficient (Wildman–Crippen LogP) is 8.65. The van der Waals surface area contributed by atoms with E-state index in [1.54, 1.807) is 0 Å². The van der Waals surface area contributed by atoms with Crippen LogP contribution in [-0.2, 0) is 0 Å². The van der Waals surface area contributed by atoms with Crippen LogP contribution in [0.4, 0.5) is 0 Å². The fourth-order valence-corrected chi connectivity index (χ4v) is 8.60. The first-order valence-electron chi connectivity index (χ1n) is 13.0. The second kappa shape index (κ2) is 14.4. The van der Waals surface area contributed by atoms with E-state index >= 15 is 0 Å². The van der Waals surface area contributed by atoms with Crippen molar-refractivity contribution in [1.29, 1.82) is 0 Å². The van der Waals surface area contributed by atoms with Gasteiger partial charge in [0.25, 0.3) is 0 Å². The maximum atomic E-state index is 6.30. The van der Waals surface area contributed by atoms with E-state index in [1.165, 1.54) is 41.2 Å². The number of alkyl halides is 3. The van der Waals surface area contributed by atoms with E-state index in [2.05, 4.69) is 125 Å². The predicted molar refractivity (Wildman–Crippen MR) is 163 cm³/mol. The topological polar surface area (TPSA) is 12.5 Å². The second-order valence-electron chi connectivity index (χ2n) is 8.81. The van der Waals surface area contributed by atoms with Gasteiger partial charge in [0.1, 0.15) is 0 Å². The normalized spacial score (nSPS) is 13.4. The van der Waals surface area contributed by atoms with Gasteiger partial charge in [0.05, 0.1) is 0 Å². The Kier molecular flexibility index (Phi) is 11.3. The fourth-order valence-electron chi connectivity index (χ4n) is 4.47. The Morgan fingerprint density at radius 1 is 0.743 bits per heavy atom. The molecule has 0 radical (unpaired) electrons. The summed E-state index contributed by atoms with van der Waals surface area (Å²) in [5, 5.41) is 0. The summed E-state index contributed by atoms with van der Waals surface area (Å²) in [7, 11) is 2.28. The van der Waals surface area contributed by atoms with E-state index in [0.29, 0.717) is 6.04 Å². The molecule has 0 N–H and O–H groups in total. The summed E-state index contributed by atoms with van der Waals surface area (Å²) in [4.78, 5) is 2.55. The minimum atomic E-state index is -0.820. The number of ether oxygens (including phenoxy) is 1. The molecule has 0 amide bonds. The molecule has 2 nitrogen and oxygen atoms in total. The summed E-state index contributed by atoms with van der Waals surface area (Å²) >= 11 is -0.820. The molecule has 0 aliphatic heterocycles. The van der Waals surface area contributed by atoms with Crippen molar-refractivity contribution in [1.82, 2.24) is 4.90 Å². The van der Waals surface area contributed by atoms with E-state index in [4.69, 9.17) is 4.74 Å². The van der Waals surface area contributed by atoms with Crippen molar-refractivity contribution in [2.24, 2.45) is 0 Å². The van der Waals surface area contributed by atoms with E-state index in [-0.39, 0.29) is 0 Å². The average Bonchev–Trinajstić information content (AvgIpc) is 2.92. The van der Waals surface area contributed by atoms with E-state index in [9.17, 15) is 0 Å². The number of nitrogens with zero attached hydrogens (tertiary/aromatic N) is 1. The van der Waals surface area contributed by atoms with Gasteiger partial charge in [0.15, 0.2) is 0 Å². The van der Waals surface area contributed by atoms with Gasteiger partial charge in [-0.3, -0.25) is 0 Å². The summed E-state index contributed by atoms with van der Waals surface area (Å²) < 4.78 is 10.4. The summed E-state index contributed by atoms with van der Waals surface area (Å²) in [6.07, 6.45) is 2.08. The Balaban J connectivity index is 1.82. The maximum absolute atomic E-state index is 6.30. The Morgan fingerprint density at radius 2 is 1.29 bits per heavy atom. The molecule has 0 aliphatic rings. The molecule has 0 aromatic heterocycles. The Hall–Kier alpha value is -2.11. The number of hydrogen-bond donors (Lipinski definition) is 0. The fraction of sp³-hybridized carbons (Fsp3) is 0.375. The van der Waals surface area contributed by atoms with Gasteiger partial charge in [0.2, 0.25) is 0 Å². The number of likely N-dealkylation sites (N-methyl/N-ethyl adjacent to an activating group) is 1. The molecule has 0 heterocycles. The molecular formula is C32H42INO. The van der Waals surface area contributed by atoms with Gasteiger partial charge in [0, 0.05) is 0 Å². The standard InChI is InChI=1S/C32H42INO/c1-6-29(34(5)25-33(8-3)9-4)24-35-30-22-20-28(21-23-30)32(27-18-14-11-15-19-27)31(7-2)26-16-12-10-13-17-26/h10-23,29H,6-9,24-25H2,1-5H3/b32-31-. The van der Waals surface area contributed by atoms with Crippen LogP contribution in [0.25, 0.3) is 11.1 Å². The number of halogens is 1. The summed E-state index contributed by atoms with van der Waals surface area (Å²) in [6, 6.07) is 30.7. The average molecular weight is 584 g/mol. The van der Waals surface area contributed by atoms with Crippen molar-refractivity contribution >= 4 is 31.0 Å². The number of hydrogen-bond acceptors (Lipinski definition) is 2.